The van der Waals surface area contributed by atoms with Crippen LogP contribution in [-0.2, 0) is 0 Å². The second-order valence-corrected chi connectivity index (χ2v) is 10.0. The van der Waals surface area contributed by atoms with Crippen LogP contribution in [0.3, 0.4) is 0 Å². The molecule has 0 spiro atoms. The number of hydrogen-bond acceptors (Lipinski definition) is 2. The number of nitrogens with zero attached hydrogens (tertiary/aromatic N) is 2. The zero-order chi connectivity index (χ0) is 17.4. The minimum absolute atomic E-state index is 0.785. The predicted molar refractivity (Wildman–Crippen MR) is 104 cm³/mol. The molecule has 3 aliphatic heterocycles. The van der Waals surface area contributed by atoms with Gasteiger partial charge in [-0.25, -0.2) is 0 Å². The SMILES string of the molecule is CC(C)C1CC2CCC(C1)N2C(C)CCC(C)N1CC(C(C)C)C1. The summed E-state index contributed by atoms with van der Waals surface area (Å²) in [5.74, 6) is 3.69. The van der Waals surface area contributed by atoms with Crippen LogP contribution in [0.15, 0.2) is 0 Å². The molecule has 0 aromatic carbocycles. The van der Waals surface area contributed by atoms with Crippen LogP contribution >= 0.6 is 0 Å². The quantitative estimate of drug-likeness (QED) is 0.644. The lowest BCUT2D eigenvalue weighted by Gasteiger charge is -2.46. The second-order valence-electron chi connectivity index (χ2n) is 10.0. The fourth-order valence-electron chi connectivity index (χ4n) is 5.66. The standard InChI is InChI=1S/C22H42N2/c1-15(2)19-11-21-9-10-22(12-19)24(21)18(6)8-7-17(5)23-13-20(14-23)16(3)4/h15-22H,7-14H2,1-6H3. The van der Waals surface area contributed by atoms with Crippen LogP contribution in [0.1, 0.15) is 80.1 Å². The molecule has 4 unspecified atom stereocenters. The normalized spacial score (nSPS) is 34.8. The van der Waals surface area contributed by atoms with Crippen LogP contribution in [-0.4, -0.2) is 47.1 Å². The van der Waals surface area contributed by atoms with Crippen molar-refractivity contribution in [3.63, 3.8) is 0 Å². The highest BCUT2D eigenvalue weighted by molar-refractivity contribution is 4.98. The average Bonchev–Trinajstić information content (AvgIpc) is 2.72. The summed E-state index contributed by atoms with van der Waals surface area (Å²) in [4.78, 5) is 5.66. The molecule has 0 aromatic rings. The Labute approximate surface area is 151 Å². The highest BCUT2D eigenvalue weighted by Crippen LogP contribution is 2.43. The summed E-state index contributed by atoms with van der Waals surface area (Å²) < 4.78 is 0. The fourth-order valence-corrected chi connectivity index (χ4v) is 5.66. The monoisotopic (exact) mass is 334 g/mol. The Morgan fingerprint density at radius 3 is 1.71 bits per heavy atom. The van der Waals surface area contributed by atoms with Crippen molar-refractivity contribution in [2.24, 2.45) is 23.7 Å². The van der Waals surface area contributed by atoms with Crippen molar-refractivity contribution >= 4 is 0 Å². The first kappa shape index (κ1) is 18.7. The Balaban J connectivity index is 1.44. The Morgan fingerprint density at radius 2 is 1.21 bits per heavy atom. The maximum Gasteiger partial charge on any atom is 0.0104 e. The van der Waals surface area contributed by atoms with Gasteiger partial charge >= 0.3 is 0 Å². The van der Waals surface area contributed by atoms with E-state index in [1.54, 1.807) is 0 Å². The van der Waals surface area contributed by atoms with Crippen LogP contribution in [0.2, 0.25) is 0 Å². The van der Waals surface area contributed by atoms with Crippen LogP contribution in [0.25, 0.3) is 0 Å². The first-order valence-corrected chi connectivity index (χ1v) is 10.9. The van der Waals surface area contributed by atoms with Gasteiger partial charge in [0.25, 0.3) is 0 Å². The van der Waals surface area contributed by atoms with E-state index in [2.05, 4.69) is 51.3 Å². The van der Waals surface area contributed by atoms with E-state index in [-0.39, 0.29) is 0 Å². The molecule has 3 aliphatic rings. The van der Waals surface area contributed by atoms with Crippen molar-refractivity contribution in [1.29, 1.82) is 0 Å². The number of rotatable bonds is 7. The van der Waals surface area contributed by atoms with Gasteiger partial charge in [-0.1, -0.05) is 27.7 Å². The van der Waals surface area contributed by atoms with Gasteiger partial charge in [-0.05, 0) is 76.0 Å². The molecule has 3 heterocycles. The van der Waals surface area contributed by atoms with Gasteiger partial charge in [-0.15, -0.1) is 0 Å². The first-order valence-electron chi connectivity index (χ1n) is 10.9. The Bertz CT molecular complexity index is 385. The minimum atomic E-state index is 0.785. The number of likely N-dealkylation sites (tertiary alicyclic amines) is 1. The van der Waals surface area contributed by atoms with Gasteiger partial charge in [0, 0.05) is 37.3 Å². The van der Waals surface area contributed by atoms with E-state index >= 15 is 0 Å². The topological polar surface area (TPSA) is 6.48 Å². The Hall–Kier alpha value is -0.0800. The summed E-state index contributed by atoms with van der Waals surface area (Å²) in [7, 11) is 0. The molecule has 2 bridgehead atoms. The second kappa shape index (κ2) is 7.66. The summed E-state index contributed by atoms with van der Waals surface area (Å²) in [6, 6.07) is 3.38. The summed E-state index contributed by atoms with van der Waals surface area (Å²) in [6.45, 7) is 17.3. The van der Waals surface area contributed by atoms with E-state index in [9.17, 15) is 0 Å². The number of hydrogen-bond donors (Lipinski definition) is 0. The van der Waals surface area contributed by atoms with E-state index in [1.165, 1.54) is 51.6 Å². The van der Waals surface area contributed by atoms with Crippen LogP contribution in [0, 0.1) is 23.7 Å². The van der Waals surface area contributed by atoms with Crippen LogP contribution in [0.5, 0.6) is 0 Å². The summed E-state index contributed by atoms with van der Waals surface area (Å²) in [5.41, 5.74) is 0. The fraction of sp³-hybridized carbons (Fsp3) is 1.00. The predicted octanol–water partition coefficient (Wildman–Crippen LogP) is 5.03. The van der Waals surface area contributed by atoms with Gasteiger partial charge in [0.2, 0.25) is 0 Å². The van der Waals surface area contributed by atoms with Crippen molar-refractivity contribution in [2.75, 3.05) is 13.1 Å². The third kappa shape index (κ3) is 3.85. The van der Waals surface area contributed by atoms with Crippen molar-refractivity contribution < 1.29 is 0 Å². The van der Waals surface area contributed by atoms with Crippen molar-refractivity contribution in [1.82, 2.24) is 9.80 Å². The average molecular weight is 335 g/mol. The minimum Gasteiger partial charge on any atom is -0.300 e. The van der Waals surface area contributed by atoms with Gasteiger partial charge in [-0.3, -0.25) is 9.80 Å². The molecule has 2 heteroatoms. The molecule has 3 rings (SSSR count). The zero-order valence-electron chi connectivity index (χ0n) is 17.2. The molecule has 4 atom stereocenters. The van der Waals surface area contributed by atoms with E-state index in [1.807, 2.05) is 0 Å². The molecule has 3 fully saturated rings. The van der Waals surface area contributed by atoms with Gasteiger partial charge in [0.05, 0.1) is 0 Å². The third-order valence-corrected chi connectivity index (χ3v) is 7.78. The molecule has 0 N–H and O–H groups in total. The van der Waals surface area contributed by atoms with Crippen molar-refractivity contribution in [3.05, 3.63) is 0 Å². The molecule has 24 heavy (non-hydrogen) atoms. The lowest BCUT2D eigenvalue weighted by atomic mass is 9.81. The van der Waals surface area contributed by atoms with Gasteiger partial charge in [-0.2, -0.15) is 0 Å². The van der Waals surface area contributed by atoms with Crippen molar-refractivity contribution in [3.8, 4) is 0 Å². The smallest absolute Gasteiger partial charge is 0.0104 e. The highest BCUT2D eigenvalue weighted by atomic mass is 15.2. The van der Waals surface area contributed by atoms with Gasteiger partial charge < -0.3 is 0 Å². The molecule has 0 saturated carbocycles. The van der Waals surface area contributed by atoms with E-state index < -0.39 is 0 Å². The largest absolute Gasteiger partial charge is 0.300 e. The van der Waals surface area contributed by atoms with Crippen molar-refractivity contribution in [2.45, 2.75) is 104 Å². The van der Waals surface area contributed by atoms with E-state index in [0.29, 0.717) is 0 Å². The molecule has 0 radical (unpaired) electrons. The first-order chi connectivity index (χ1) is 11.4. The molecule has 0 aromatic heterocycles. The molecule has 140 valence electrons. The molecule has 0 aliphatic carbocycles. The lowest BCUT2D eigenvalue weighted by molar-refractivity contribution is 0.0184. The van der Waals surface area contributed by atoms with E-state index in [4.69, 9.17) is 0 Å². The molecular formula is C22H42N2. The summed E-state index contributed by atoms with van der Waals surface area (Å²) in [6.07, 6.45) is 8.65. The summed E-state index contributed by atoms with van der Waals surface area (Å²) in [5, 5.41) is 0. The molecule has 0 amide bonds. The number of piperidine rings is 1. The highest BCUT2D eigenvalue weighted by Gasteiger charge is 2.43. The summed E-state index contributed by atoms with van der Waals surface area (Å²) >= 11 is 0. The molecular weight excluding hydrogens is 292 g/mol. The Kier molecular flexibility index (Phi) is 5.97. The zero-order valence-corrected chi connectivity index (χ0v) is 17.2. The van der Waals surface area contributed by atoms with E-state index in [0.717, 1.165) is 47.8 Å². The lowest BCUT2D eigenvalue weighted by Crippen LogP contribution is -2.53. The molecule has 2 nitrogen and oxygen atoms in total. The maximum atomic E-state index is 2.94. The molecule has 3 saturated heterocycles. The van der Waals surface area contributed by atoms with Crippen LogP contribution in [0.4, 0.5) is 0 Å². The van der Waals surface area contributed by atoms with Gasteiger partial charge in [0.1, 0.15) is 0 Å². The maximum absolute atomic E-state index is 2.94. The third-order valence-electron chi connectivity index (χ3n) is 7.78. The Morgan fingerprint density at radius 1 is 0.708 bits per heavy atom. The number of fused-ring (bicyclic) bond motifs is 2. The van der Waals surface area contributed by atoms with Gasteiger partial charge in [0.15, 0.2) is 0 Å². The van der Waals surface area contributed by atoms with Crippen LogP contribution < -0.4 is 0 Å².